The number of H-pyrrole nitrogens is 1. The number of fused-ring (bicyclic) bond motifs is 1. The van der Waals surface area contributed by atoms with E-state index in [0.717, 1.165) is 48.9 Å². The molecule has 0 spiro atoms. The predicted molar refractivity (Wildman–Crippen MR) is 200 cm³/mol. The van der Waals surface area contributed by atoms with Gasteiger partial charge in [0.25, 0.3) is 0 Å². The van der Waals surface area contributed by atoms with Crippen LogP contribution in [0, 0.1) is 41.4 Å². The number of hydrogen-bond donors (Lipinski definition) is 8. The Morgan fingerprint density at radius 3 is 2.63 bits per heavy atom. The zero-order valence-electron chi connectivity index (χ0n) is 30.2. The molecule has 0 bridgehead atoms. The number of aromatic hydroxyl groups is 1. The second-order valence-corrected chi connectivity index (χ2v) is 15.0. The summed E-state index contributed by atoms with van der Waals surface area (Å²) in [6.07, 6.45) is 13.1. The Morgan fingerprint density at radius 2 is 1.87 bits per heavy atom. The molecular weight excluding hydrogens is 658 g/mol. The molecule has 0 saturated heterocycles. The molecule has 0 amide bonds. The van der Waals surface area contributed by atoms with E-state index in [1.54, 1.807) is 12.1 Å². The number of dihydropyridines is 1. The van der Waals surface area contributed by atoms with Gasteiger partial charge in [-0.25, -0.2) is 0 Å². The van der Waals surface area contributed by atoms with Crippen LogP contribution in [0.15, 0.2) is 72.2 Å². The molecule has 4 aliphatic rings. The first kappa shape index (κ1) is 38.0. The molecule has 1 aliphatic heterocycles. The molecule has 11 unspecified atom stereocenters. The van der Waals surface area contributed by atoms with Crippen LogP contribution in [0.4, 0.5) is 0 Å². The molecular formula is C42H57N3O7. The van der Waals surface area contributed by atoms with Gasteiger partial charge in [0.1, 0.15) is 12.2 Å². The van der Waals surface area contributed by atoms with Crippen molar-refractivity contribution in [2.45, 2.75) is 101 Å². The van der Waals surface area contributed by atoms with E-state index in [0.29, 0.717) is 44.0 Å². The van der Waals surface area contributed by atoms with E-state index in [2.05, 4.69) is 47.3 Å². The average molecular weight is 716 g/mol. The molecule has 1 saturated carbocycles. The van der Waals surface area contributed by atoms with E-state index in [-0.39, 0.29) is 60.4 Å². The number of benzene rings is 1. The first-order valence-corrected chi connectivity index (χ1v) is 19.2. The number of allylic oxidation sites excluding steroid dienone is 4. The summed E-state index contributed by atoms with van der Waals surface area (Å²) in [6.45, 7) is 2.89. The van der Waals surface area contributed by atoms with E-state index in [1.807, 2.05) is 30.5 Å². The highest BCUT2D eigenvalue weighted by Crippen LogP contribution is 2.43. The number of ether oxygens (including phenoxy) is 2. The van der Waals surface area contributed by atoms with Crippen molar-refractivity contribution in [2.75, 3.05) is 19.8 Å². The Balaban J connectivity index is 1.29. The zero-order valence-corrected chi connectivity index (χ0v) is 30.2. The highest BCUT2D eigenvalue weighted by Gasteiger charge is 2.44. The summed E-state index contributed by atoms with van der Waals surface area (Å²) < 4.78 is 12.8. The van der Waals surface area contributed by atoms with Crippen LogP contribution in [0.25, 0.3) is 0 Å². The zero-order chi connectivity index (χ0) is 36.6. The summed E-state index contributed by atoms with van der Waals surface area (Å²) in [5.41, 5.74) is 9.14. The van der Waals surface area contributed by atoms with E-state index in [1.165, 1.54) is 0 Å². The van der Waals surface area contributed by atoms with Gasteiger partial charge in [-0.1, -0.05) is 55.9 Å². The van der Waals surface area contributed by atoms with Crippen LogP contribution < -0.4 is 15.8 Å². The van der Waals surface area contributed by atoms with Gasteiger partial charge >= 0.3 is 0 Å². The van der Waals surface area contributed by atoms with E-state index >= 15 is 0 Å². The average Bonchev–Trinajstić information content (AvgIpc) is 3.60. The molecule has 10 heteroatoms. The van der Waals surface area contributed by atoms with Crippen LogP contribution in [0.2, 0.25) is 0 Å². The number of aliphatic hydroxyl groups is 4. The lowest BCUT2D eigenvalue weighted by atomic mass is 9.70. The maximum absolute atomic E-state index is 11.9. The Bertz CT molecular complexity index is 1610. The van der Waals surface area contributed by atoms with Crippen LogP contribution in [-0.2, 0) is 11.2 Å². The molecule has 1 aromatic carbocycles. The van der Waals surface area contributed by atoms with Crippen LogP contribution in [-0.4, -0.2) is 80.8 Å². The van der Waals surface area contributed by atoms with Crippen LogP contribution in [0.3, 0.4) is 0 Å². The van der Waals surface area contributed by atoms with Crippen molar-refractivity contribution < 1.29 is 35.0 Å². The molecule has 0 radical (unpaired) electrons. The lowest BCUT2D eigenvalue weighted by Crippen LogP contribution is -2.52. The normalized spacial score (nSPS) is 32.9. The molecule has 11 atom stereocenters. The second-order valence-electron chi connectivity index (χ2n) is 15.0. The summed E-state index contributed by atoms with van der Waals surface area (Å²) in [7, 11) is 0. The van der Waals surface area contributed by atoms with Gasteiger partial charge in [-0.3, -0.25) is 0 Å². The topological polar surface area (TPSA) is 173 Å². The number of nitrogens with one attached hydrogen (secondary N) is 2. The Hall–Kier alpha value is -3.72. The minimum Gasteiger partial charge on any atom is -0.504 e. The Morgan fingerprint density at radius 1 is 1.02 bits per heavy atom. The monoisotopic (exact) mass is 715 g/mol. The predicted octanol–water partition coefficient (Wildman–Crippen LogP) is 4.41. The number of aliphatic hydroxyl groups excluding tert-OH is 4. The summed E-state index contributed by atoms with van der Waals surface area (Å²) in [5, 5.41) is 58.1. The summed E-state index contributed by atoms with van der Waals surface area (Å²) in [5.74, 6) is 7.09. The van der Waals surface area contributed by atoms with Crippen LogP contribution in [0.1, 0.15) is 75.5 Å². The highest BCUT2D eigenvalue weighted by molar-refractivity contribution is 5.45. The fourth-order valence-corrected chi connectivity index (χ4v) is 8.75. The van der Waals surface area contributed by atoms with Gasteiger partial charge in [0.15, 0.2) is 11.5 Å². The molecule has 2 aromatic rings. The third kappa shape index (κ3) is 9.07. The smallest absolute Gasteiger partial charge is 0.161 e. The number of hydrogen-bond acceptors (Lipinski definition) is 9. The number of phenols is 1. The third-order valence-corrected chi connectivity index (χ3v) is 11.6. The standard InChI is InChI=1S/C42H57N3O7/c1-2-26-6-3-4-8-37(51-21-20-46)40-27(10-9-26)11-12-28(22-36(40)49)29-13-15-34(47)38(23-29)52-42-32(14-16-35(48)41(42)50)33(25-31-7-5-18-44-31)30-17-19-45-39(43)24-30/h5,7,11-13,15,17-18,23-24,26-28,32-33,35-37,40-42,44-50H,2-4,6,8,14,16,19-22,25,43H2,1H3. The maximum atomic E-state index is 11.9. The lowest BCUT2D eigenvalue weighted by Gasteiger charge is -2.42. The molecule has 2 heterocycles. The molecule has 282 valence electrons. The van der Waals surface area contributed by atoms with Gasteiger partial charge < -0.3 is 51.0 Å². The maximum Gasteiger partial charge on any atom is 0.161 e. The molecule has 10 nitrogen and oxygen atoms in total. The fourth-order valence-electron chi connectivity index (χ4n) is 8.75. The molecule has 52 heavy (non-hydrogen) atoms. The van der Waals surface area contributed by atoms with Crippen molar-refractivity contribution >= 4 is 0 Å². The van der Waals surface area contributed by atoms with Crippen molar-refractivity contribution in [1.82, 2.24) is 10.3 Å². The SMILES string of the molecule is CCC1C#CC2C=CC(c3ccc(O)c(OC4C(O)C(O)CCC4C(Cc4ccc[nH]4)C4=CCNC(N)=C4)c3)CC(O)C2C(OCCO)CCCC1. The van der Waals surface area contributed by atoms with Crippen molar-refractivity contribution in [3.8, 4) is 23.3 Å². The van der Waals surface area contributed by atoms with Gasteiger partial charge in [0.05, 0.1) is 37.3 Å². The molecule has 1 fully saturated rings. The summed E-state index contributed by atoms with van der Waals surface area (Å²) in [4.78, 5) is 3.31. The Labute approximate surface area is 307 Å². The largest absolute Gasteiger partial charge is 0.504 e. The van der Waals surface area contributed by atoms with Gasteiger partial charge in [-0.15, -0.1) is 0 Å². The Kier molecular flexibility index (Phi) is 13.1. The quantitative estimate of drug-likeness (QED) is 0.124. The van der Waals surface area contributed by atoms with Crippen LogP contribution in [0.5, 0.6) is 11.5 Å². The molecule has 6 rings (SSSR count). The van der Waals surface area contributed by atoms with Crippen LogP contribution >= 0.6 is 0 Å². The third-order valence-electron chi connectivity index (χ3n) is 11.6. The van der Waals surface area contributed by atoms with Crippen molar-refractivity contribution in [3.63, 3.8) is 0 Å². The van der Waals surface area contributed by atoms with Crippen molar-refractivity contribution in [1.29, 1.82) is 0 Å². The number of rotatable bonds is 11. The van der Waals surface area contributed by atoms with Crippen molar-refractivity contribution in [2.24, 2.45) is 35.3 Å². The van der Waals surface area contributed by atoms with E-state index in [9.17, 15) is 25.5 Å². The lowest BCUT2D eigenvalue weighted by molar-refractivity contribution is -0.108. The minimum atomic E-state index is -1.18. The number of aromatic amines is 1. The molecule has 9 N–H and O–H groups in total. The van der Waals surface area contributed by atoms with Gasteiger partial charge in [-0.2, -0.15) is 0 Å². The van der Waals surface area contributed by atoms with E-state index in [4.69, 9.17) is 15.2 Å². The minimum absolute atomic E-state index is 0.0675. The van der Waals surface area contributed by atoms with Gasteiger partial charge in [0, 0.05) is 48.0 Å². The van der Waals surface area contributed by atoms with E-state index < -0.39 is 24.4 Å². The number of aromatic nitrogens is 1. The number of phenolic OH excluding ortho intramolecular Hbond substituents is 1. The van der Waals surface area contributed by atoms with Gasteiger partial charge in [0.2, 0.25) is 0 Å². The van der Waals surface area contributed by atoms with Gasteiger partial charge in [-0.05, 0) is 92.3 Å². The first-order chi connectivity index (χ1) is 25.2. The fraction of sp³-hybridized carbons (Fsp3) is 0.571. The summed E-state index contributed by atoms with van der Waals surface area (Å²) in [6, 6.07) is 9.23. The number of nitrogens with two attached hydrogens (primary N) is 1. The van der Waals surface area contributed by atoms with Crippen molar-refractivity contribution in [3.05, 3.63) is 83.5 Å². The first-order valence-electron chi connectivity index (χ1n) is 19.2. The molecule has 1 aromatic heterocycles. The summed E-state index contributed by atoms with van der Waals surface area (Å²) >= 11 is 0. The second kappa shape index (κ2) is 17.9. The highest BCUT2D eigenvalue weighted by atomic mass is 16.5. The molecule has 3 aliphatic carbocycles.